The smallest absolute Gasteiger partial charge is 0.322 e. The number of benzene rings is 1. The molecule has 0 aromatic heterocycles. The normalized spacial score (nSPS) is 17.4. The molecule has 7 nitrogen and oxygen atoms in total. The van der Waals surface area contributed by atoms with E-state index in [-0.39, 0.29) is 12.5 Å². The topological polar surface area (TPSA) is 99.3 Å². The second kappa shape index (κ2) is 6.25. The molecule has 20 heavy (non-hydrogen) atoms. The number of anilines is 1. The molecule has 1 unspecified atom stereocenters. The molecule has 1 aromatic rings. The summed E-state index contributed by atoms with van der Waals surface area (Å²) in [5, 5.41) is 10.4. The molecule has 1 aliphatic rings. The van der Waals surface area contributed by atoms with Gasteiger partial charge in [-0.25, -0.2) is 9.59 Å². The van der Waals surface area contributed by atoms with Crippen molar-refractivity contribution in [3.63, 3.8) is 0 Å². The molecule has 1 heterocycles. The number of rotatable bonds is 4. The van der Waals surface area contributed by atoms with Crippen LogP contribution in [0.5, 0.6) is 0 Å². The standard InChI is InChI=1S/C12H13ClN4O3/c13-7-1-3-8(4-2-7)15-11(19)14-6-5-9-10(18)17-12(20)16-9/h1-4,9H,5-6H2,(H2,14,15,19)(H2,16,17,18,20). The van der Waals surface area contributed by atoms with E-state index < -0.39 is 18.1 Å². The van der Waals surface area contributed by atoms with Crippen LogP contribution in [-0.4, -0.2) is 30.6 Å². The molecule has 1 saturated heterocycles. The third-order valence-corrected chi connectivity index (χ3v) is 2.93. The number of urea groups is 2. The van der Waals surface area contributed by atoms with Crippen molar-refractivity contribution in [3.8, 4) is 0 Å². The summed E-state index contributed by atoms with van der Waals surface area (Å²) in [6.45, 7) is 0.262. The molecule has 1 fully saturated rings. The Morgan fingerprint density at radius 2 is 1.95 bits per heavy atom. The SMILES string of the molecule is O=C(NCCC1NC(=O)NC1=O)Nc1ccc(Cl)cc1. The van der Waals surface area contributed by atoms with Gasteiger partial charge in [-0.2, -0.15) is 0 Å². The van der Waals surface area contributed by atoms with Gasteiger partial charge in [0.05, 0.1) is 0 Å². The largest absolute Gasteiger partial charge is 0.338 e. The maximum Gasteiger partial charge on any atom is 0.322 e. The second-order valence-corrected chi connectivity index (χ2v) is 4.63. The maximum absolute atomic E-state index is 11.6. The zero-order valence-corrected chi connectivity index (χ0v) is 11.2. The lowest BCUT2D eigenvalue weighted by Gasteiger charge is -2.09. The Morgan fingerprint density at radius 3 is 2.55 bits per heavy atom. The van der Waals surface area contributed by atoms with Crippen molar-refractivity contribution in [1.29, 1.82) is 0 Å². The van der Waals surface area contributed by atoms with E-state index in [1.54, 1.807) is 24.3 Å². The van der Waals surface area contributed by atoms with E-state index >= 15 is 0 Å². The van der Waals surface area contributed by atoms with Crippen LogP contribution in [0.25, 0.3) is 0 Å². The zero-order valence-electron chi connectivity index (χ0n) is 10.4. The van der Waals surface area contributed by atoms with Gasteiger partial charge in [-0.15, -0.1) is 0 Å². The van der Waals surface area contributed by atoms with Crippen LogP contribution in [0.4, 0.5) is 15.3 Å². The third kappa shape index (κ3) is 3.86. The van der Waals surface area contributed by atoms with Crippen molar-refractivity contribution in [2.75, 3.05) is 11.9 Å². The average molecular weight is 297 g/mol. The lowest BCUT2D eigenvalue weighted by molar-refractivity contribution is -0.120. The van der Waals surface area contributed by atoms with Gasteiger partial charge in [-0.3, -0.25) is 10.1 Å². The van der Waals surface area contributed by atoms with E-state index in [0.717, 1.165) is 0 Å². The first-order chi connectivity index (χ1) is 9.54. The van der Waals surface area contributed by atoms with Crippen molar-refractivity contribution in [2.24, 2.45) is 0 Å². The van der Waals surface area contributed by atoms with Gasteiger partial charge in [-0.05, 0) is 30.7 Å². The fourth-order valence-corrected chi connectivity index (χ4v) is 1.83. The molecule has 8 heteroatoms. The van der Waals surface area contributed by atoms with Crippen LogP contribution in [-0.2, 0) is 4.79 Å². The number of hydrogen-bond acceptors (Lipinski definition) is 3. The zero-order chi connectivity index (χ0) is 14.5. The van der Waals surface area contributed by atoms with Gasteiger partial charge in [0.15, 0.2) is 0 Å². The van der Waals surface area contributed by atoms with Gasteiger partial charge >= 0.3 is 12.1 Å². The number of halogens is 1. The highest BCUT2D eigenvalue weighted by Gasteiger charge is 2.28. The lowest BCUT2D eigenvalue weighted by Crippen LogP contribution is -2.36. The molecule has 106 valence electrons. The van der Waals surface area contributed by atoms with Gasteiger partial charge in [-0.1, -0.05) is 11.6 Å². The summed E-state index contributed by atoms with van der Waals surface area (Å²) in [7, 11) is 0. The van der Waals surface area contributed by atoms with Crippen LogP contribution in [0.3, 0.4) is 0 Å². The number of nitrogens with one attached hydrogen (secondary N) is 4. The van der Waals surface area contributed by atoms with Crippen LogP contribution < -0.4 is 21.3 Å². The molecule has 0 aliphatic carbocycles. The van der Waals surface area contributed by atoms with Crippen LogP contribution in [0.15, 0.2) is 24.3 Å². The number of carbonyl (C=O) groups excluding carboxylic acids is 3. The average Bonchev–Trinajstić information content (AvgIpc) is 2.71. The minimum atomic E-state index is -0.599. The Bertz CT molecular complexity index is 532. The molecule has 4 N–H and O–H groups in total. The van der Waals surface area contributed by atoms with Gasteiger partial charge in [0.2, 0.25) is 0 Å². The predicted octanol–water partition coefficient (Wildman–Crippen LogP) is 1.06. The number of carbonyl (C=O) groups is 3. The van der Waals surface area contributed by atoms with Crippen molar-refractivity contribution in [1.82, 2.24) is 16.0 Å². The molecule has 0 saturated carbocycles. The highest BCUT2D eigenvalue weighted by molar-refractivity contribution is 6.30. The van der Waals surface area contributed by atoms with E-state index in [2.05, 4.69) is 21.3 Å². The minimum absolute atomic E-state index is 0.262. The fourth-order valence-electron chi connectivity index (χ4n) is 1.70. The quantitative estimate of drug-likeness (QED) is 0.625. The second-order valence-electron chi connectivity index (χ2n) is 4.19. The number of hydrogen-bond donors (Lipinski definition) is 4. The predicted molar refractivity (Wildman–Crippen MR) is 73.6 cm³/mol. The molecule has 1 aliphatic heterocycles. The van der Waals surface area contributed by atoms with Crippen LogP contribution in [0, 0.1) is 0 Å². The minimum Gasteiger partial charge on any atom is -0.338 e. The lowest BCUT2D eigenvalue weighted by atomic mass is 10.2. The Labute approximate surface area is 120 Å². The maximum atomic E-state index is 11.6. The monoisotopic (exact) mass is 296 g/mol. The fraction of sp³-hybridized carbons (Fsp3) is 0.250. The third-order valence-electron chi connectivity index (χ3n) is 2.68. The summed E-state index contributed by atoms with van der Waals surface area (Å²) >= 11 is 5.73. The first-order valence-corrected chi connectivity index (χ1v) is 6.34. The molecular formula is C12H13ClN4O3. The van der Waals surface area contributed by atoms with Crippen LogP contribution in [0.1, 0.15) is 6.42 Å². The highest BCUT2D eigenvalue weighted by Crippen LogP contribution is 2.13. The molecule has 1 aromatic carbocycles. The molecule has 0 radical (unpaired) electrons. The summed E-state index contributed by atoms with van der Waals surface area (Å²) < 4.78 is 0. The summed E-state index contributed by atoms with van der Waals surface area (Å²) in [5.74, 6) is -0.380. The summed E-state index contributed by atoms with van der Waals surface area (Å²) in [6.07, 6.45) is 0.325. The van der Waals surface area contributed by atoms with E-state index in [1.165, 1.54) is 0 Å². The molecular weight excluding hydrogens is 284 g/mol. The van der Waals surface area contributed by atoms with Crippen LogP contribution in [0.2, 0.25) is 5.02 Å². The molecule has 1 atom stereocenters. The van der Waals surface area contributed by atoms with E-state index in [4.69, 9.17) is 11.6 Å². The summed E-state index contributed by atoms with van der Waals surface area (Å²) in [4.78, 5) is 33.7. The Kier molecular flexibility index (Phi) is 4.41. The van der Waals surface area contributed by atoms with Crippen molar-refractivity contribution in [2.45, 2.75) is 12.5 Å². The number of amides is 5. The Balaban J connectivity index is 1.71. The number of imide groups is 1. The van der Waals surface area contributed by atoms with Crippen LogP contribution >= 0.6 is 11.6 Å². The van der Waals surface area contributed by atoms with E-state index in [9.17, 15) is 14.4 Å². The first-order valence-electron chi connectivity index (χ1n) is 5.96. The Hall–Kier alpha value is -2.28. The Morgan fingerprint density at radius 1 is 1.25 bits per heavy atom. The summed E-state index contributed by atoms with van der Waals surface area (Å²) in [6, 6.07) is 5.17. The van der Waals surface area contributed by atoms with Crippen molar-refractivity contribution < 1.29 is 14.4 Å². The van der Waals surface area contributed by atoms with Crippen molar-refractivity contribution >= 4 is 35.3 Å². The van der Waals surface area contributed by atoms with Gasteiger partial charge in [0.25, 0.3) is 5.91 Å². The molecule has 0 spiro atoms. The van der Waals surface area contributed by atoms with Gasteiger partial charge < -0.3 is 16.0 Å². The highest BCUT2D eigenvalue weighted by atomic mass is 35.5. The molecule has 5 amide bonds. The van der Waals surface area contributed by atoms with Gasteiger partial charge in [0.1, 0.15) is 6.04 Å². The van der Waals surface area contributed by atoms with E-state index in [1.807, 2.05) is 0 Å². The molecule has 0 bridgehead atoms. The van der Waals surface area contributed by atoms with Gasteiger partial charge in [0, 0.05) is 17.3 Å². The van der Waals surface area contributed by atoms with Crippen molar-refractivity contribution in [3.05, 3.63) is 29.3 Å². The summed E-state index contributed by atoms with van der Waals surface area (Å²) in [5.41, 5.74) is 0.610. The van der Waals surface area contributed by atoms with E-state index in [0.29, 0.717) is 17.1 Å². The first kappa shape index (κ1) is 14.1. The molecule has 2 rings (SSSR count).